The number of unbranched alkanes of at least 4 members (excludes halogenated alkanes) is 3. The van der Waals surface area contributed by atoms with Gasteiger partial charge in [-0.05, 0) is 25.3 Å². The highest BCUT2D eigenvalue weighted by atomic mass is 16.1. The summed E-state index contributed by atoms with van der Waals surface area (Å²) in [5.74, 6) is 0.656. The zero-order valence-corrected chi connectivity index (χ0v) is 12.9. The van der Waals surface area contributed by atoms with E-state index in [1.807, 2.05) is 6.92 Å². The molecule has 112 valence electrons. The van der Waals surface area contributed by atoms with Crippen LogP contribution in [0, 0.1) is 12.8 Å². The third-order valence-corrected chi connectivity index (χ3v) is 3.31. The van der Waals surface area contributed by atoms with Gasteiger partial charge in [0.2, 0.25) is 0 Å². The number of hydrogen-bond donors (Lipinski definition) is 2. The molecule has 0 aliphatic heterocycles. The van der Waals surface area contributed by atoms with Crippen molar-refractivity contribution in [1.82, 2.24) is 10.3 Å². The van der Waals surface area contributed by atoms with Crippen molar-refractivity contribution >= 4 is 11.6 Å². The van der Waals surface area contributed by atoms with E-state index in [1.54, 1.807) is 12.3 Å². The molecule has 0 aromatic carbocycles. The summed E-state index contributed by atoms with van der Waals surface area (Å²) >= 11 is 0. The van der Waals surface area contributed by atoms with Gasteiger partial charge in [-0.15, -0.1) is 0 Å². The zero-order valence-electron chi connectivity index (χ0n) is 12.9. The number of rotatable bonds is 8. The Bertz CT molecular complexity index is 430. The third-order valence-electron chi connectivity index (χ3n) is 3.31. The van der Waals surface area contributed by atoms with Crippen LogP contribution in [0.1, 0.15) is 62.0 Å². The lowest BCUT2D eigenvalue weighted by atomic mass is 10.0. The highest BCUT2D eigenvalue weighted by molar-refractivity contribution is 5.98. The number of aromatic nitrogens is 1. The van der Waals surface area contributed by atoms with Gasteiger partial charge in [-0.3, -0.25) is 9.78 Å². The molecule has 0 radical (unpaired) electrons. The van der Waals surface area contributed by atoms with Crippen LogP contribution in [-0.4, -0.2) is 17.4 Å². The molecule has 3 N–H and O–H groups in total. The Balaban J connectivity index is 2.20. The van der Waals surface area contributed by atoms with Gasteiger partial charge >= 0.3 is 0 Å². The molecule has 1 rings (SSSR count). The molecule has 0 bridgehead atoms. The maximum absolute atomic E-state index is 11.9. The largest absolute Gasteiger partial charge is 0.398 e. The van der Waals surface area contributed by atoms with Crippen LogP contribution < -0.4 is 11.1 Å². The number of nitrogens with one attached hydrogen (secondary N) is 1. The fourth-order valence-corrected chi connectivity index (χ4v) is 2.10. The van der Waals surface area contributed by atoms with Gasteiger partial charge in [-0.2, -0.15) is 0 Å². The summed E-state index contributed by atoms with van der Waals surface area (Å²) in [5, 5.41) is 2.90. The van der Waals surface area contributed by atoms with Gasteiger partial charge in [0.25, 0.3) is 5.91 Å². The van der Waals surface area contributed by atoms with Crippen molar-refractivity contribution in [2.45, 2.75) is 52.9 Å². The van der Waals surface area contributed by atoms with Gasteiger partial charge < -0.3 is 11.1 Å². The number of pyridine rings is 1. The molecular formula is C16H27N3O. The number of carbonyl (C=O) groups is 1. The number of anilines is 1. The lowest BCUT2D eigenvalue weighted by Crippen LogP contribution is -2.25. The number of carbonyl (C=O) groups excluding carboxylic acids is 1. The minimum atomic E-state index is -0.128. The van der Waals surface area contributed by atoms with Crippen LogP contribution in [0.3, 0.4) is 0 Å². The van der Waals surface area contributed by atoms with Crippen LogP contribution in [0.15, 0.2) is 12.3 Å². The minimum Gasteiger partial charge on any atom is -0.398 e. The lowest BCUT2D eigenvalue weighted by molar-refractivity contribution is 0.0953. The van der Waals surface area contributed by atoms with Crippen LogP contribution in [0.25, 0.3) is 0 Å². The molecule has 0 saturated carbocycles. The predicted molar refractivity (Wildman–Crippen MR) is 83.6 cm³/mol. The molecular weight excluding hydrogens is 250 g/mol. The average molecular weight is 277 g/mol. The van der Waals surface area contributed by atoms with E-state index >= 15 is 0 Å². The second kappa shape index (κ2) is 8.56. The van der Waals surface area contributed by atoms with Crippen LogP contribution >= 0.6 is 0 Å². The summed E-state index contributed by atoms with van der Waals surface area (Å²) < 4.78 is 0. The normalized spacial score (nSPS) is 10.8. The number of nitrogens with zero attached hydrogens (tertiary/aromatic N) is 1. The molecule has 0 atom stereocenters. The number of aryl methyl sites for hydroxylation is 1. The van der Waals surface area contributed by atoms with E-state index in [-0.39, 0.29) is 5.91 Å². The van der Waals surface area contributed by atoms with Crippen molar-refractivity contribution in [3.05, 3.63) is 23.5 Å². The first-order valence-corrected chi connectivity index (χ1v) is 7.51. The molecule has 1 amide bonds. The molecule has 4 heteroatoms. The van der Waals surface area contributed by atoms with Crippen LogP contribution in [-0.2, 0) is 0 Å². The quantitative estimate of drug-likeness (QED) is 0.716. The standard InChI is InChI=1S/C16H27N3O/c1-12(2)8-6-4-5-7-9-18-16(20)14-11-19-13(3)10-15(14)17/h10-12H,4-9H2,1-3H3,(H2,17,19)(H,18,20). The first-order valence-electron chi connectivity index (χ1n) is 7.51. The summed E-state index contributed by atoms with van der Waals surface area (Å²) in [6.07, 6.45) is 7.53. The number of nitrogens with two attached hydrogens (primary N) is 1. The second-order valence-electron chi connectivity index (χ2n) is 5.77. The Kier molecular flexibility index (Phi) is 7.05. The molecule has 20 heavy (non-hydrogen) atoms. The van der Waals surface area contributed by atoms with Crippen LogP contribution in [0.5, 0.6) is 0 Å². The Morgan fingerprint density at radius 1 is 1.30 bits per heavy atom. The van der Waals surface area contributed by atoms with E-state index in [2.05, 4.69) is 24.1 Å². The summed E-state index contributed by atoms with van der Waals surface area (Å²) in [5.41, 5.74) is 7.60. The molecule has 0 aliphatic carbocycles. The third kappa shape index (κ3) is 6.04. The summed E-state index contributed by atoms with van der Waals surface area (Å²) in [6, 6.07) is 1.72. The van der Waals surface area contributed by atoms with Gasteiger partial charge in [-0.25, -0.2) is 0 Å². The van der Waals surface area contributed by atoms with Crippen molar-refractivity contribution in [3.63, 3.8) is 0 Å². The number of hydrogen-bond acceptors (Lipinski definition) is 3. The van der Waals surface area contributed by atoms with Crippen molar-refractivity contribution in [1.29, 1.82) is 0 Å². The monoisotopic (exact) mass is 277 g/mol. The Morgan fingerprint density at radius 2 is 2.00 bits per heavy atom. The fourth-order valence-electron chi connectivity index (χ4n) is 2.10. The second-order valence-corrected chi connectivity index (χ2v) is 5.77. The van der Waals surface area contributed by atoms with E-state index < -0.39 is 0 Å². The van der Waals surface area contributed by atoms with Crippen LogP contribution in [0.4, 0.5) is 5.69 Å². The molecule has 0 aliphatic rings. The summed E-state index contributed by atoms with van der Waals surface area (Å²) in [6.45, 7) is 7.06. The smallest absolute Gasteiger partial charge is 0.254 e. The first kappa shape index (κ1) is 16.5. The molecule has 1 aromatic heterocycles. The fraction of sp³-hybridized carbons (Fsp3) is 0.625. The van der Waals surface area contributed by atoms with Gasteiger partial charge in [0.15, 0.2) is 0 Å². The average Bonchev–Trinajstić information content (AvgIpc) is 2.37. The zero-order chi connectivity index (χ0) is 15.0. The molecule has 1 heterocycles. The van der Waals surface area contributed by atoms with Gasteiger partial charge in [-0.1, -0.05) is 39.5 Å². The molecule has 0 unspecified atom stereocenters. The highest BCUT2D eigenvalue weighted by Gasteiger charge is 2.09. The first-order chi connectivity index (χ1) is 9.50. The van der Waals surface area contributed by atoms with Crippen molar-refractivity contribution in [2.75, 3.05) is 12.3 Å². The maximum atomic E-state index is 11.9. The van der Waals surface area contributed by atoms with Crippen molar-refractivity contribution < 1.29 is 4.79 Å². The maximum Gasteiger partial charge on any atom is 0.254 e. The van der Waals surface area contributed by atoms with E-state index in [4.69, 9.17) is 5.73 Å². The van der Waals surface area contributed by atoms with Crippen molar-refractivity contribution in [3.8, 4) is 0 Å². The van der Waals surface area contributed by atoms with Crippen molar-refractivity contribution in [2.24, 2.45) is 5.92 Å². The van der Waals surface area contributed by atoms with Gasteiger partial charge in [0.1, 0.15) is 0 Å². The van der Waals surface area contributed by atoms with Gasteiger partial charge in [0, 0.05) is 24.1 Å². The van der Waals surface area contributed by atoms with Gasteiger partial charge in [0.05, 0.1) is 5.56 Å². The summed E-state index contributed by atoms with van der Waals surface area (Å²) in [7, 11) is 0. The predicted octanol–water partition coefficient (Wildman–Crippen LogP) is 3.31. The van der Waals surface area contributed by atoms with E-state index in [0.717, 1.165) is 24.5 Å². The molecule has 4 nitrogen and oxygen atoms in total. The van der Waals surface area contributed by atoms with E-state index in [9.17, 15) is 4.79 Å². The Hall–Kier alpha value is -1.58. The molecule has 0 spiro atoms. The minimum absolute atomic E-state index is 0.128. The molecule has 0 saturated heterocycles. The molecule has 0 fully saturated rings. The highest BCUT2D eigenvalue weighted by Crippen LogP contribution is 2.11. The Morgan fingerprint density at radius 3 is 2.65 bits per heavy atom. The number of amides is 1. The topological polar surface area (TPSA) is 68.0 Å². The van der Waals surface area contributed by atoms with Crippen LogP contribution in [0.2, 0.25) is 0 Å². The lowest BCUT2D eigenvalue weighted by Gasteiger charge is -2.08. The van der Waals surface area contributed by atoms with E-state index in [1.165, 1.54) is 19.3 Å². The SMILES string of the molecule is Cc1cc(N)c(C(=O)NCCCCCCC(C)C)cn1. The Labute approximate surface area is 122 Å². The van der Waals surface area contributed by atoms with E-state index in [0.29, 0.717) is 17.8 Å². The number of nitrogen functional groups attached to an aromatic ring is 1. The summed E-state index contributed by atoms with van der Waals surface area (Å²) in [4.78, 5) is 16.0. The molecule has 1 aromatic rings.